The van der Waals surface area contributed by atoms with Gasteiger partial charge in [-0.05, 0) is 42.3 Å². The molecule has 0 bridgehead atoms. The van der Waals surface area contributed by atoms with Crippen LogP contribution in [0.2, 0.25) is 0 Å². The van der Waals surface area contributed by atoms with Crippen molar-refractivity contribution in [2.45, 2.75) is 19.4 Å². The Bertz CT molecular complexity index is 1610. The number of aromatic amines is 2. The number of nitrogens with zero attached hydrogens (tertiary/aromatic N) is 1. The molecule has 0 spiro atoms. The van der Waals surface area contributed by atoms with Crippen molar-refractivity contribution in [3.63, 3.8) is 0 Å². The molecule has 2 heterocycles. The van der Waals surface area contributed by atoms with E-state index in [9.17, 15) is 14.4 Å². The number of aryl methyl sites for hydroxylation is 1. The van der Waals surface area contributed by atoms with E-state index in [4.69, 9.17) is 0 Å². The third-order valence-corrected chi connectivity index (χ3v) is 6.22. The lowest BCUT2D eigenvalue weighted by molar-refractivity contribution is 0.0952. The van der Waals surface area contributed by atoms with Crippen LogP contribution in [0.5, 0.6) is 0 Å². The molecule has 1 atom stereocenters. The molecule has 34 heavy (non-hydrogen) atoms. The number of carbonyl (C=O) groups is 1. The molecule has 5 rings (SSSR count). The van der Waals surface area contributed by atoms with E-state index in [0.717, 1.165) is 22.0 Å². The first-order valence-corrected chi connectivity index (χ1v) is 11.2. The summed E-state index contributed by atoms with van der Waals surface area (Å²) in [6, 6.07) is 23.2. The monoisotopic (exact) mass is 452 g/mol. The minimum absolute atomic E-state index is 0.0492. The second-order valence-corrected chi connectivity index (χ2v) is 8.20. The average Bonchev–Trinajstić information content (AvgIpc) is 3.29. The van der Waals surface area contributed by atoms with E-state index in [1.165, 1.54) is 4.57 Å². The molecule has 3 N–H and O–H groups in total. The van der Waals surface area contributed by atoms with E-state index >= 15 is 0 Å². The maximum absolute atomic E-state index is 13.1. The zero-order valence-electron chi connectivity index (χ0n) is 18.7. The molecule has 3 aromatic carbocycles. The number of hydrogen-bond acceptors (Lipinski definition) is 3. The Morgan fingerprint density at radius 2 is 1.74 bits per heavy atom. The molecule has 0 fully saturated rings. The minimum atomic E-state index is -0.699. The quantitative estimate of drug-likeness (QED) is 0.342. The summed E-state index contributed by atoms with van der Waals surface area (Å²) in [5, 5.41) is 4.17. The third kappa shape index (κ3) is 3.81. The Hall–Kier alpha value is -4.39. The van der Waals surface area contributed by atoms with Crippen molar-refractivity contribution in [1.29, 1.82) is 0 Å². The van der Waals surface area contributed by atoms with Gasteiger partial charge in [-0.2, -0.15) is 0 Å². The maximum Gasteiger partial charge on any atom is 0.316 e. The van der Waals surface area contributed by atoms with Gasteiger partial charge in [0.15, 0.2) is 0 Å². The van der Waals surface area contributed by atoms with Gasteiger partial charge in [-0.3, -0.25) is 14.4 Å². The Kier molecular flexibility index (Phi) is 5.59. The van der Waals surface area contributed by atoms with Crippen LogP contribution in [0.15, 0.2) is 88.6 Å². The first-order chi connectivity index (χ1) is 16.6. The molecule has 0 aliphatic rings. The molecule has 170 valence electrons. The van der Waals surface area contributed by atoms with E-state index in [-0.39, 0.29) is 11.8 Å². The summed E-state index contributed by atoms with van der Waals surface area (Å²) in [5.74, 6) is -0.301. The van der Waals surface area contributed by atoms with Crippen molar-refractivity contribution in [1.82, 2.24) is 19.9 Å². The van der Waals surface area contributed by atoms with Crippen molar-refractivity contribution in [3.8, 4) is 0 Å². The fourth-order valence-electron chi connectivity index (χ4n) is 4.51. The topological polar surface area (TPSA) is 99.8 Å². The van der Waals surface area contributed by atoms with Crippen molar-refractivity contribution in [2.75, 3.05) is 6.54 Å². The largest absolute Gasteiger partial charge is 0.361 e. The smallest absolute Gasteiger partial charge is 0.316 e. The van der Waals surface area contributed by atoms with Gasteiger partial charge < -0.3 is 19.9 Å². The van der Waals surface area contributed by atoms with E-state index in [0.29, 0.717) is 29.7 Å². The van der Waals surface area contributed by atoms with Gasteiger partial charge in [0, 0.05) is 41.7 Å². The highest BCUT2D eigenvalue weighted by Crippen LogP contribution is 2.30. The number of aromatic nitrogens is 3. The zero-order valence-corrected chi connectivity index (χ0v) is 18.7. The van der Waals surface area contributed by atoms with Crippen molar-refractivity contribution < 1.29 is 4.79 Å². The normalized spacial score (nSPS) is 12.1. The van der Waals surface area contributed by atoms with Crippen LogP contribution in [0.1, 0.15) is 34.3 Å². The van der Waals surface area contributed by atoms with Crippen LogP contribution in [0.4, 0.5) is 0 Å². The van der Waals surface area contributed by atoms with Gasteiger partial charge in [0.2, 0.25) is 0 Å². The number of benzene rings is 3. The molecule has 7 nitrogen and oxygen atoms in total. The number of amides is 1. The van der Waals surface area contributed by atoms with E-state index in [1.54, 1.807) is 25.1 Å². The number of nitrogens with one attached hydrogen (secondary N) is 3. The minimum Gasteiger partial charge on any atom is -0.361 e. The summed E-state index contributed by atoms with van der Waals surface area (Å²) in [7, 11) is 0. The second-order valence-electron chi connectivity index (χ2n) is 8.20. The number of H-pyrrole nitrogens is 2. The lowest BCUT2D eigenvalue weighted by atomic mass is 9.91. The molecule has 0 radical (unpaired) electrons. The van der Waals surface area contributed by atoms with Gasteiger partial charge in [-0.15, -0.1) is 0 Å². The van der Waals surface area contributed by atoms with Crippen LogP contribution in [-0.4, -0.2) is 27.0 Å². The fraction of sp³-hybridized carbons (Fsp3) is 0.148. The summed E-state index contributed by atoms with van der Waals surface area (Å²) in [6.45, 7) is 2.57. The van der Waals surface area contributed by atoms with Crippen LogP contribution in [0, 0.1) is 0 Å². The van der Waals surface area contributed by atoms with Gasteiger partial charge in [-0.1, -0.05) is 48.5 Å². The van der Waals surface area contributed by atoms with E-state index < -0.39 is 11.1 Å². The number of fused-ring (bicyclic) bond motifs is 2. The van der Waals surface area contributed by atoms with Crippen molar-refractivity contribution in [3.05, 3.63) is 116 Å². The summed E-state index contributed by atoms with van der Waals surface area (Å²) in [6.07, 6.45) is 2.00. The molecule has 0 saturated heterocycles. The highest BCUT2D eigenvalue weighted by atomic mass is 16.2. The summed E-state index contributed by atoms with van der Waals surface area (Å²) in [4.78, 5) is 43.1. The molecule has 7 heteroatoms. The SMILES string of the molecule is CCn1c(=O)c(=O)[nH]c2cc(C(=O)NC[C@H](c3ccccc3)c3c[nH]c4ccccc34)ccc21. The van der Waals surface area contributed by atoms with Crippen LogP contribution in [0.3, 0.4) is 0 Å². The van der Waals surface area contributed by atoms with E-state index in [2.05, 4.69) is 33.5 Å². The van der Waals surface area contributed by atoms with Gasteiger partial charge >= 0.3 is 11.1 Å². The number of rotatable bonds is 6. The first-order valence-electron chi connectivity index (χ1n) is 11.2. The van der Waals surface area contributed by atoms with Crippen molar-refractivity contribution >= 4 is 27.8 Å². The standard InChI is InChI=1S/C27H24N4O3/c1-2-31-24-13-12-18(14-23(24)30-26(33)27(31)34)25(32)29-15-20(17-8-4-3-5-9-17)21-16-28-22-11-7-6-10-19(21)22/h3-14,16,20,28H,2,15H2,1H3,(H,29,32)(H,30,33)/t20-/m1/s1. The lowest BCUT2D eigenvalue weighted by Crippen LogP contribution is -2.36. The van der Waals surface area contributed by atoms with Crippen LogP contribution in [0.25, 0.3) is 21.9 Å². The molecule has 0 saturated carbocycles. The van der Waals surface area contributed by atoms with Gasteiger partial charge in [0.25, 0.3) is 5.91 Å². The molecule has 5 aromatic rings. The summed E-state index contributed by atoms with van der Waals surface area (Å²) >= 11 is 0. The van der Waals surface area contributed by atoms with Crippen LogP contribution >= 0.6 is 0 Å². The Labute approximate surface area is 195 Å². The first kappa shape index (κ1) is 21.5. The summed E-state index contributed by atoms with van der Waals surface area (Å²) < 4.78 is 1.40. The zero-order chi connectivity index (χ0) is 23.7. The van der Waals surface area contributed by atoms with Gasteiger partial charge in [-0.25, -0.2) is 0 Å². The lowest BCUT2D eigenvalue weighted by Gasteiger charge is -2.18. The number of carbonyl (C=O) groups excluding carboxylic acids is 1. The van der Waals surface area contributed by atoms with E-state index in [1.807, 2.05) is 42.6 Å². The Morgan fingerprint density at radius 3 is 2.53 bits per heavy atom. The predicted octanol–water partition coefficient (Wildman–Crippen LogP) is 3.75. The number of hydrogen-bond donors (Lipinski definition) is 3. The van der Waals surface area contributed by atoms with Crippen molar-refractivity contribution in [2.24, 2.45) is 0 Å². The van der Waals surface area contributed by atoms with Gasteiger partial charge in [0.1, 0.15) is 0 Å². The molecule has 2 aromatic heterocycles. The fourth-order valence-corrected chi connectivity index (χ4v) is 4.51. The second kappa shape index (κ2) is 8.86. The molecular weight excluding hydrogens is 428 g/mol. The maximum atomic E-state index is 13.1. The highest BCUT2D eigenvalue weighted by Gasteiger charge is 2.19. The van der Waals surface area contributed by atoms with Crippen LogP contribution < -0.4 is 16.4 Å². The summed E-state index contributed by atoms with van der Waals surface area (Å²) in [5.41, 5.74) is 3.41. The average molecular weight is 453 g/mol. The predicted molar refractivity (Wildman–Crippen MR) is 133 cm³/mol. The Morgan fingerprint density at radius 1 is 0.971 bits per heavy atom. The van der Waals surface area contributed by atoms with Crippen LogP contribution in [-0.2, 0) is 6.54 Å². The van der Waals surface area contributed by atoms with Gasteiger partial charge in [0.05, 0.1) is 11.0 Å². The third-order valence-electron chi connectivity index (χ3n) is 6.22. The molecule has 0 unspecified atom stereocenters. The Balaban J connectivity index is 1.46. The molecule has 0 aliphatic heterocycles. The highest BCUT2D eigenvalue weighted by molar-refractivity contribution is 5.97. The molecule has 1 amide bonds. The molecule has 0 aliphatic carbocycles. The number of para-hydroxylation sites is 1. The molecular formula is C27H24N4O3.